The second kappa shape index (κ2) is 4.96. The van der Waals surface area contributed by atoms with Crippen LogP contribution in [0.15, 0.2) is 0 Å². The molecule has 5 heteroatoms. The Bertz CT molecular complexity index is 202. The van der Waals surface area contributed by atoms with E-state index in [0.29, 0.717) is 11.9 Å². The second-order valence-electron chi connectivity index (χ2n) is 3.95. The van der Waals surface area contributed by atoms with Crippen LogP contribution in [0, 0.1) is 5.92 Å². The molecule has 2 aliphatic heterocycles. The van der Waals surface area contributed by atoms with Crippen LogP contribution in [0.5, 0.6) is 0 Å². The first-order valence-electron chi connectivity index (χ1n) is 4.97. The van der Waals surface area contributed by atoms with Crippen LogP contribution in [0.4, 0.5) is 0 Å². The van der Waals surface area contributed by atoms with Crippen LogP contribution in [-0.4, -0.2) is 50.1 Å². The van der Waals surface area contributed by atoms with E-state index in [-0.39, 0.29) is 18.3 Å². The molecule has 2 rings (SSSR count). The summed E-state index contributed by atoms with van der Waals surface area (Å²) in [5.74, 6) is 0.554. The molecule has 0 aliphatic carbocycles. The van der Waals surface area contributed by atoms with Crippen LogP contribution in [-0.2, 0) is 4.79 Å². The smallest absolute Gasteiger partial charge is 0.228 e. The third-order valence-electron chi connectivity index (χ3n) is 3.06. The van der Waals surface area contributed by atoms with Gasteiger partial charge in [-0.15, -0.1) is 12.4 Å². The van der Waals surface area contributed by atoms with E-state index >= 15 is 0 Å². The van der Waals surface area contributed by atoms with Gasteiger partial charge in [0, 0.05) is 32.7 Å². The van der Waals surface area contributed by atoms with Gasteiger partial charge in [-0.25, -0.2) is 0 Å². The largest absolute Gasteiger partial charge is 0.341 e. The van der Waals surface area contributed by atoms with Gasteiger partial charge < -0.3 is 15.5 Å². The van der Waals surface area contributed by atoms with Crippen molar-refractivity contribution in [3.05, 3.63) is 0 Å². The molecule has 0 saturated carbocycles. The molecule has 0 bridgehead atoms. The zero-order valence-electron chi connectivity index (χ0n) is 8.45. The number of hydrogen-bond donors (Lipinski definition) is 2. The van der Waals surface area contributed by atoms with E-state index < -0.39 is 0 Å². The summed E-state index contributed by atoms with van der Waals surface area (Å²) in [7, 11) is 1.93. The zero-order chi connectivity index (χ0) is 9.26. The lowest BCUT2D eigenvalue weighted by Crippen LogP contribution is -2.53. The minimum Gasteiger partial charge on any atom is -0.341 e. The van der Waals surface area contributed by atoms with Gasteiger partial charge >= 0.3 is 0 Å². The summed E-state index contributed by atoms with van der Waals surface area (Å²) in [4.78, 5) is 13.7. The summed E-state index contributed by atoms with van der Waals surface area (Å²) in [6, 6.07) is 0.424. The molecule has 0 aromatic carbocycles. The Morgan fingerprint density at radius 3 is 2.43 bits per heavy atom. The van der Waals surface area contributed by atoms with Crippen LogP contribution >= 0.6 is 12.4 Å². The lowest BCUT2D eigenvalue weighted by molar-refractivity contribution is -0.137. The molecule has 0 aromatic heterocycles. The maximum atomic E-state index is 11.8. The van der Waals surface area contributed by atoms with Crippen molar-refractivity contribution < 1.29 is 4.79 Å². The molecule has 1 atom stereocenters. The first-order chi connectivity index (χ1) is 6.29. The average molecular weight is 220 g/mol. The summed E-state index contributed by atoms with van der Waals surface area (Å²) in [6.45, 7) is 3.74. The summed E-state index contributed by atoms with van der Waals surface area (Å²) in [6.07, 6.45) is 1.10. The summed E-state index contributed by atoms with van der Waals surface area (Å²) in [5.41, 5.74) is 0. The molecule has 1 unspecified atom stereocenters. The molecule has 14 heavy (non-hydrogen) atoms. The molecule has 1 amide bonds. The van der Waals surface area contributed by atoms with Crippen molar-refractivity contribution in [2.75, 3.05) is 33.2 Å². The molecule has 4 nitrogen and oxygen atoms in total. The average Bonchev–Trinajstić information content (AvgIpc) is 2.51. The predicted octanol–water partition coefficient (Wildman–Crippen LogP) is -0.552. The van der Waals surface area contributed by atoms with Crippen LogP contribution in [0.3, 0.4) is 0 Å². The van der Waals surface area contributed by atoms with E-state index in [1.165, 1.54) is 0 Å². The van der Waals surface area contributed by atoms with Crippen LogP contribution in [0.25, 0.3) is 0 Å². The van der Waals surface area contributed by atoms with Gasteiger partial charge in [-0.05, 0) is 13.0 Å². The molecule has 2 aliphatic rings. The minimum atomic E-state index is 0. The van der Waals surface area contributed by atoms with Gasteiger partial charge in [0.15, 0.2) is 0 Å². The van der Waals surface area contributed by atoms with Crippen molar-refractivity contribution >= 4 is 18.3 Å². The third kappa shape index (κ3) is 2.19. The lowest BCUT2D eigenvalue weighted by Gasteiger charge is -2.33. The number of likely N-dealkylation sites (N-methyl/N-ethyl adjacent to an activating group) is 1. The van der Waals surface area contributed by atoms with Gasteiger partial charge in [0.1, 0.15) is 0 Å². The standard InChI is InChI=1S/C9H17N3O.ClH/c1-12(8-2-3-10-6-8)9(13)7-4-11-5-7;/h7-8,10-11H,2-6H2,1H3;1H. The zero-order valence-corrected chi connectivity index (χ0v) is 9.27. The number of rotatable bonds is 2. The molecule has 0 spiro atoms. The SMILES string of the molecule is CN(C(=O)C1CNC1)C1CCNC1.Cl. The number of nitrogens with zero attached hydrogens (tertiary/aromatic N) is 1. The summed E-state index contributed by atoms with van der Waals surface area (Å²) >= 11 is 0. The molecule has 2 saturated heterocycles. The van der Waals surface area contributed by atoms with E-state index in [9.17, 15) is 4.79 Å². The number of hydrogen-bond acceptors (Lipinski definition) is 3. The molecule has 0 aromatic rings. The molecule has 0 radical (unpaired) electrons. The number of nitrogens with one attached hydrogen (secondary N) is 2. The van der Waals surface area contributed by atoms with E-state index in [2.05, 4.69) is 10.6 Å². The lowest BCUT2D eigenvalue weighted by atomic mass is 10.0. The highest BCUT2D eigenvalue weighted by Crippen LogP contribution is 2.12. The fourth-order valence-electron chi connectivity index (χ4n) is 1.90. The van der Waals surface area contributed by atoms with E-state index in [0.717, 1.165) is 32.6 Å². The van der Waals surface area contributed by atoms with Crippen molar-refractivity contribution in [1.29, 1.82) is 0 Å². The van der Waals surface area contributed by atoms with Crippen molar-refractivity contribution in [3.63, 3.8) is 0 Å². The molecular formula is C9H18ClN3O. The Labute approximate surface area is 90.8 Å². The highest BCUT2D eigenvalue weighted by molar-refractivity contribution is 5.85. The van der Waals surface area contributed by atoms with E-state index in [1.807, 2.05) is 11.9 Å². The maximum Gasteiger partial charge on any atom is 0.228 e. The number of amides is 1. The molecule has 2 fully saturated rings. The number of carbonyl (C=O) groups excluding carboxylic acids is 1. The highest BCUT2D eigenvalue weighted by Gasteiger charge is 2.31. The first-order valence-corrected chi connectivity index (χ1v) is 4.97. The Balaban J connectivity index is 0.000000980. The van der Waals surface area contributed by atoms with Crippen molar-refractivity contribution in [3.8, 4) is 0 Å². The fraction of sp³-hybridized carbons (Fsp3) is 0.889. The van der Waals surface area contributed by atoms with Gasteiger partial charge in [0.05, 0.1) is 5.92 Å². The molecular weight excluding hydrogens is 202 g/mol. The maximum absolute atomic E-state index is 11.8. The molecule has 82 valence electrons. The second-order valence-corrected chi connectivity index (χ2v) is 3.95. The quantitative estimate of drug-likeness (QED) is 0.655. The Morgan fingerprint density at radius 1 is 1.29 bits per heavy atom. The van der Waals surface area contributed by atoms with E-state index in [4.69, 9.17) is 0 Å². The third-order valence-corrected chi connectivity index (χ3v) is 3.06. The monoisotopic (exact) mass is 219 g/mol. The summed E-state index contributed by atoms with van der Waals surface area (Å²) in [5, 5.41) is 6.40. The first kappa shape index (κ1) is 11.8. The van der Waals surface area contributed by atoms with Crippen molar-refractivity contribution in [2.24, 2.45) is 5.92 Å². The fourth-order valence-corrected chi connectivity index (χ4v) is 1.90. The Hall–Kier alpha value is -0.320. The van der Waals surface area contributed by atoms with E-state index in [1.54, 1.807) is 0 Å². The molecule has 2 N–H and O–H groups in total. The number of carbonyl (C=O) groups is 1. The minimum absolute atomic E-state index is 0. The highest BCUT2D eigenvalue weighted by atomic mass is 35.5. The predicted molar refractivity (Wildman–Crippen MR) is 57.7 cm³/mol. The van der Waals surface area contributed by atoms with Crippen molar-refractivity contribution in [1.82, 2.24) is 15.5 Å². The Kier molecular flexibility index (Phi) is 4.16. The van der Waals surface area contributed by atoms with Gasteiger partial charge in [-0.3, -0.25) is 4.79 Å². The van der Waals surface area contributed by atoms with Gasteiger partial charge in [0.25, 0.3) is 0 Å². The van der Waals surface area contributed by atoms with Crippen LogP contribution < -0.4 is 10.6 Å². The normalized spacial score (nSPS) is 26.5. The number of halogens is 1. The van der Waals surface area contributed by atoms with Gasteiger partial charge in [-0.2, -0.15) is 0 Å². The topological polar surface area (TPSA) is 44.4 Å². The molecule has 2 heterocycles. The summed E-state index contributed by atoms with van der Waals surface area (Å²) < 4.78 is 0. The van der Waals surface area contributed by atoms with Crippen LogP contribution in [0.2, 0.25) is 0 Å². The van der Waals surface area contributed by atoms with Crippen molar-refractivity contribution in [2.45, 2.75) is 12.5 Å². The van der Waals surface area contributed by atoms with Gasteiger partial charge in [0.2, 0.25) is 5.91 Å². The van der Waals surface area contributed by atoms with Gasteiger partial charge in [-0.1, -0.05) is 0 Å². The Morgan fingerprint density at radius 2 is 2.00 bits per heavy atom. The van der Waals surface area contributed by atoms with Crippen LogP contribution in [0.1, 0.15) is 6.42 Å².